The molecule has 0 aliphatic rings. The molecule has 1 amide bonds. The fourth-order valence-corrected chi connectivity index (χ4v) is 2.14. The van der Waals surface area contributed by atoms with E-state index in [0.29, 0.717) is 16.7 Å². The molecular formula is C16H14BrNO3. The highest BCUT2D eigenvalue weighted by Crippen LogP contribution is 2.18. The van der Waals surface area contributed by atoms with E-state index in [1.807, 2.05) is 0 Å². The van der Waals surface area contributed by atoms with E-state index in [4.69, 9.17) is 4.84 Å². The largest absolute Gasteiger partial charge is 0.289 e. The number of halogens is 1. The van der Waals surface area contributed by atoms with E-state index in [2.05, 4.69) is 15.9 Å². The van der Waals surface area contributed by atoms with Crippen LogP contribution in [0.15, 0.2) is 53.0 Å². The second kappa shape index (κ2) is 6.65. The van der Waals surface area contributed by atoms with Crippen LogP contribution in [0.5, 0.6) is 0 Å². The number of carbonyl (C=O) groups excluding carboxylic acids is 2. The zero-order chi connectivity index (χ0) is 15.4. The topological polar surface area (TPSA) is 46.6 Å². The van der Waals surface area contributed by atoms with Crippen molar-refractivity contribution in [3.63, 3.8) is 0 Å². The van der Waals surface area contributed by atoms with Gasteiger partial charge < -0.3 is 0 Å². The van der Waals surface area contributed by atoms with Crippen molar-refractivity contribution in [2.24, 2.45) is 0 Å². The molecule has 0 radical (unpaired) electrons. The Labute approximate surface area is 131 Å². The van der Waals surface area contributed by atoms with Crippen molar-refractivity contribution in [1.29, 1.82) is 0 Å². The summed E-state index contributed by atoms with van der Waals surface area (Å²) in [5.74, 6) is -0.561. The molecule has 2 aromatic rings. The van der Waals surface area contributed by atoms with Crippen molar-refractivity contribution in [1.82, 2.24) is 5.06 Å². The average molecular weight is 348 g/mol. The van der Waals surface area contributed by atoms with Gasteiger partial charge in [-0.15, -0.1) is 0 Å². The Morgan fingerprint density at radius 3 is 2.14 bits per heavy atom. The second-order valence-corrected chi connectivity index (χ2v) is 5.28. The molecule has 0 N–H and O–H groups in total. The van der Waals surface area contributed by atoms with Crippen LogP contribution in [0, 0.1) is 0 Å². The van der Waals surface area contributed by atoms with E-state index in [1.165, 1.54) is 14.2 Å². The van der Waals surface area contributed by atoms with E-state index < -0.39 is 0 Å². The molecule has 0 aliphatic carbocycles. The molecule has 0 bridgehead atoms. The summed E-state index contributed by atoms with van der Waals surface area (Å²) in [7, 11) is 2.90. The normalized spacial score (nSPS) is 10.2. The molecule has 108 valence electrons. The molecule has 0 saturated heterocycles. The number of hydrogen-bond donors (Lipinski definition) is 0. The van der Waals surface area contributed by atoms with Crippen LogP contribution in [0.1, 0.15) is 26.3 Å². The summed E-state index contributed by atoms with van der Waals surface area (Å²) >= 11 is 3.33. The summed E-state index contributed by atoms with van der Waals surface area (Å²) < 4.78 is 0.891. The molecule has 0 atom stereocenters. The smallest absolute Gasteiger partial charge is 0.277 e. The maximum Gasteiger partial charge on any atom is 0.277 e. The lowest BCUT2D eigenvalue weighted by Crippen LogP contribution is -2.27. The molecule has 0 spiro atoms. The summed E-state index contributed by atoms with van der Waals surface area (Å²) in [6.45, 7) is 0. The molecule has 0 saturated carbocycles. The van der Waals surface area contributed by atoms with Crippen molar-refractivity contribution in [3.05, 3.63) is 69.7 Å². The van der Waals surface area contributed by atoms with Gasteiger partial charge in [-0.3, -0.25) is 14.4 Å². The van der Waals surface area contributed by atoms with Crippen LogP contribution >= 0.6 is 15.9 Å². The zero-order valence-corrected chi connectivity index (χ0v) is 13.3. The van der Waals surface area contributed by atoms with Gasteiger partial charge in [0.2, 0.25) is 0 Å². The maximum atomic E-state index is 12.6. The van der Waals surface area contributed by atoms with Gasteiger partial charge in [-0.25, -0.2) is 5.06 Å². The van der Waals surface area contributed by atoms with Crippen molar-refractivity contribution in [2.75, 3.05) is 14.2 Å². The monoisotopic (exact) mass is 347 g/mol. The molecule has 5 heteroatoms. The lowest BCUT2D eigenvalue weighted by atomic mass is 9.98. The molecule has 0 aromatic heterocycles. The maximum absolute atomic E-state index is 12.6. The first-order valence-corrected chi connectivity index (χ1v) is 7.05. The number of benzene rings is 2. The van der Waals surface area contributed by atoms with Gasteiger partial charge in [0, 0.05) is 22.6 Å². The molecule has 4 nitrogen and oxygen atoms in total. The van der Waals surface area contributed by atoms with Crippen LogP contribution in [0.2, 0.25) is 0 Å². The summed E-state index contributed by atoms with van der Waals surface area (Å²) in [5, 5.41) is 1.09. The highest BCUT2D eigenvalue weighted by molar-refractivity contribution is 9.10. The molecular weight excluding hydrogens is 334 g/mol. The molecule has 21 heavy (non-hydrogen) atoms. The Morgan fingerprint density at radius 1 is 1.00 bits per heavy atom. The molecule has 2 aromatic carbocycles. The van der Waals surface area contributed by atoms with Gasteiger partial charge in [0.1, 0.15) is 0 Å². The van der Waals surface area contributed by atoms with E-state index >= 15 is 0 Å². The highest BCUT2D eigenvalue weighted by Gasteiger charge is 2.20. The summed E-state index contributed by atoms with van der Waals surface area (Å²) in [6.07, 6.45) is 0. The molecule has 0 heterocycles. The predicted molar refractivity (Wildman–Crippen MR) is 83.1 cm³/mol. The molecule has 2 rings (SSSR count). The van der Waals surface area contributed by atoms with Gasteiger partial charge in [0.15, 0.2) is 5.78 Å². The number of amides is 1. The van der Waals surface area contributed by atoms with Crippen LogP contribution in [0.25, 0.3) is 0 Å². The fraction of sp³-hybridized carbons (Fsp3) is 0.125. The Bertz CT molecular complexity index is 667. The minimum absolute atomic E-state index is 0.198. The Balaban J connectivity index is 2.42. The minimum Gasteiger partial charge on any atom is -0.289 e. The van der Waals surface area contributed by atoms with Crippen LogP contribution < -0.4 is 0 Å². The van der Waals surface area contributed by atoms with E-state index in [1.54, 1.807) is 48.5 Å². The third kappa shape index (κ3) is 3.37. The summed E-state index contributed by atoms with van der Waals surface area (Å²) in [4.78, 5) is 29.7. The Kier molecular flexibility index (Phi) is 4.88. The fourth-order valence-electron chi connectivity index (χ4n) is 1.88. The van der Waals surface area contributed by atoms with Gasteiger partial charge in [-0.1, -0.05) is 34.1 Å². The van der Waals surface area contributed by atoms with Crippen LogP contribution in [-0.2, 0) is 4.84 Å². The third-order valence-corrected chi connectivity index (χ3v) is 3.60. The Morgan fingerprint density at radius 2 is 1.57 bits per heavy atom. The van der Waals surface area contributed by atoms with Crippen molar-refractivity contribution >= 4 is 27.6 Å². The van der Waals surface area contributed by atoms with E-state index in [9.17, 15) is 9.59 Å². The molecule has 0 fully saturated rings. The van der Waals surface area contributed by atoms with Gasteiger partial charge in [-0.05, 0) is 30.3 Å². The van der Waals surface area contributed by atoms with Gasteiger partial charge >= 0.3 is 0 Å². The first-order chi connectivity index (χ1) is 10.0. The van der Waals surface area contributed by atoms with Crippen molar-refractivity contribution < 1.29 is 14.4 Å². The van der Waals surface area contributed by atoms with E-state index in [-0.39, 0.29) is 11.7 Å². The van der Waals surface area contributed by atoms with Gasteiger partial charge in [0.25, 0.3) is 5.91 Å². The first-order valence-electron chi connectivity index (χ1n) is 6.26. The van der Waals surface area contributed by atoms with E-state index in [0.717, 1.165) is 9.54 Å². The lowest BCUT2D eigenvalue weighted by Gasteiger charge is -2.15. The van der Waals surface area contributed by atoms with Crippen LogP contribution in [0.3, 0.4) is 0 Å². The quantitative estimate of drug-likeness (QED) is 0.629. The average Bonchev–Trinajstić information content (AvgIpc) is 2.53. The first kappa shape index (κ1) is 15.4. The zero-order valence-electron chi connectivity index (χ0n) is 11.7. The van der Waals surface area contributed by atoms with Crippen molar-refractivity contribution in [2.45, 2.75) is 0 Å². The standard InChI is InChI=1S/C16H14BrNO3/c1-18(21-2)16(20)14-6-4-3-5-13(14)15(19)11-7-9-12(17)10-8-11/h3-10H,1-2H3. The van der Waals surface area contributed by atoms with Gasteiger partial charge in [-0.2, -0.15) is 0 Å². The minimum atomic E-state index is -0.362. The third-order valence-electron chi connectivity index (χ3n) is 3.07. The number of rotatable bonds is 4. The van der Waals surface area contributed by atoms with Gasteiger partial charge in [0.05, 0.1) is 12.7 Å². The predicted octanol–water partition coefficient (Wildman–Crippen LogP) is 3.31. The highest BCUT2D eigenvalue weighted by atomic mass is 79.9. The number of hydrogen-bond acceptors (Lipinski definition) is 3. The molecule has 0 aliphatic heterocycles. The number of ketones is 1. The molecule has 0 unspecified atom stereocenters. The second-order valence-electron chi connectivity index (χ2n) is 4.37. The number of nitrogens with zero attached hydrogens (tertiary/aromatic N) is 1. The Hall–Kier alpha value is -1.98. The summed E-state index contributed by atoms with van der Waals surface area (Å²) in [6, 6.07) is 13.7. The van der Waals surface area contributed by atoms with Crippen molar-refractivity contribution in [3.8, 4) is 0 Å². The summed E-state index contributed by atoms with van der Waals surface area (Å²) in [5.41, 5.74) is 1.20. The van der Waals surface area contributed by atoms with Crippen LogP contribution in [0.4, 0.5) is 0 Å². The number of carbonyl (C=O) groups is 2. The SMILES string of the molecule is CON(C)C(=O)c1ccccc1C(=O)c1ccc(Br)cc1. The number of hydroxylamine groups is 2. The van der Waals surface area contributed by atoms with Crippen LogP contribution in [-0.4, -0.2) is 30.9 Å². The lowest BCUT2D eigenvalue weighted by molar-refractivity contribution is -0.0757.